The van der Waals surface area contributed by atoms with Crippen LogP contribution in [0.2, 0.25) is 0 Å². The van der Waals surface area contributed by atoms with Crippen LogP contribution in [0.15, 0.2) is 180 Å². The third-order valence-corrected chi connectivity index (χ3v) is 10.5. The Balaban J connectivity index is 1.02. The van der Waals surface area contributed by atoms with Crippen molar-refractivity contribution in [3.05, 3.63) is 176 Å². The number of furan rings is 1. The molecule has 1 aliphatic carbocycles. The quantitative estimate of drug-likeness (QED) is 0.182. The van der Waals surface area contributed by atoms with Crippen LogP contribution in [0.4, 0.5) is 0 Å². The van der Waals surface area contributed by atoms with Crippen molar-refractivity contribution >= 4 is 32.7 Å². The average Bonchev–Trinajstić information content (AvgIpc) is 3.78. The van der Waals surface area contributed by atoms with Gasteiger partial charge < -0.3 is 4.42 Å². The Morgan fingerprint density at radius 3 is 1.47 bits per heavy atom. The summed E-state index contributed by atoms with van der Waals surface area (Å²) >= 11 is 0. The normalized spacial score (nSPS) is 11.8. The smallest absolute Gasteiger partial charge is 0.164 e. The van der Waals surface area contributed by atoms with E-state index in [1.807, 2.05) is 60.7 Å². The number of hydrogen-bond acceptors (Lipinski definition) is 4. The van der Waals surface area contributed by atoms with E-state index in [4.69, 9.17) is 19.4 Å². The average molecular weight is 676 g/mol. The SMILES string of the molecule is c1ccc(-c2nc(-c3ccccc3)nc(-c3ccc(-c4cccc5oc6ccc(-c7ccc8c9c(cccc79)-c7ccccc7-8)cc6c45)cc3)n2)cc1. The lowest BCUT2D eigenvalue weighted by atomic mass is 9.93. The Kier molecular flexibility index (Phi) is 6.52. The lowest BCUT2D eigenvalue weighted by Gasteiger charge is -2.10. The van der Waals surface area contributed by atoms with E-state index in [0.29, 0.717) is 17.5 Å². The van der Waals surface area contributed by atoms with E-state index >= 15 is 0 Å². The summed E-state index contributed by atoms with van der Waals surface area (Å²) in [4.78, 5) is 14.7. The molecule has 0 aliphatic heterocycles. The van der Waals surface area contributed by atoms with Crippen LogP contribution in [-0.2, 0) is 0 Å². The molecule has 2 heterocycles. The van der Waals surface area contributed by atoms with E-state index in [9.17, 15) is 0 Å². The summed E-state index contributed by atoms with van der Waals surface area (Å²) in [6.07, 6.45) is 0. The molecule has 0 fully saturated rings. The molecule has 0 saturated heterocycles. The minimum atomic E-state index is 0.634. The fourth-order valence-corrected chi connectivity index (χ4v) is 8.03. The highest BCUT2D eigenvalue weighted by molar-refractivity contribution is 6.19. The fraction of sp³-hybridized carbons (Fsp3) is 0. The number of rotatable bonds is 5. The van der Waals surface area contributed by atoms with Gasteiger partial charge in [0.05, 0.1) is 0 Å². The van der Waals surface area contributed by atoms with Crippen molar-refractivity contribution < 1.29 is 4.42 Å². The molecule has 0 spiro atoms. The summed E-state index contributed by atoms with van der Waals surface area (Å²) in [6.45, 7) is 0. The van der Waals surface area contributed by atoms with E-state index in [1.54, 1.807) is 0 Å². The summed E-state index contributed by atoms with van der Waals surface area (Å²) in [5.74, 6) is 1.93. The van der Waals surface area contributed by atoms with Crippen molar-refractivity contribution in [3.8, 4) is 78.7 Å². The van der Waals surface area contributed by atoms with Crippen LogP contribution in [0.25, 0.3) is 111 Å². The third kappa shape index (κ3) is 4.73. The van der Waals surface area contributed by atoms with Gasteiger partial charge in [0.15, 0.2) is 17.5 Å². The maximum atomic E-state index is 6.46. The van der Waals surface area contributed by atoms with Crippen molar-refractivity contribution in [1.82, 2.24) is 15.0 Å². The number of fused-ring (bicyclic) bond motifs is 6. The first-order valence-corrected chi connectivity index (χ1v) is 17.9. The van der Waals surface area contributed by atoms with Crippen LogP contribution in [-0.4, -0.2) is 15.0 Å². The first-order valence-electron chi connectivity index (χ1n) is 17.9. The summed E-state index contributed by atoms with van der Waals surface area (Å²) < 4.78 is 6.46. The van der Waals surface area contributed by atoms with Crippen molar-refractivity contribution in [1.29, 1.82) is 0 Å². The van der Waals surface area contributed by atoms with Gasteiger partial charge in [0, 0.05) is 27.5 Å². The minimum absolute atomic E-state index is 0.634. The molecule has 0 N–H and O–H groups in total. The molecule has 11 rings (SSSR count). The minimum Gasteiger partial charge on any atom is -0.456 e. The van der Waals surface area contributed by atoms with Crippen molar-refractivity contribution in [2.45, 2.75) is 0 Å². The molecule has 0 atom stereocenters. The van der Waals surface area contributed by atoms with Gasteiger partial charge in [0.25, 0.3) is 0 Å². The summed E-state index contributed by atoms with van der Waals surface area (Å²) in [5.41, 5.74) is 14.4. The molecular formula is C49H29N3O. The van der Waals surface area contributed by atoms with Gasteiger partial charge in [-0.25, -0.2) is 15.0 Å². The van der Waals surface area contributed by atoms with Gasteiger partial charge >= 0.3 is 0 Å². The second kappa shape index (κ2) is 11.7. The maximum Gasteiger partial charge on any atom is 0.164 e. The fourth-order valence-electron chi connectivity index (χ4n) is 8.03. The molecule has 8 aromatic carbocycles. The predicted octanol–water partition coefficient (Wildman–Crippen LogP) is 12.9. The molecule has 0 radical (unpaired) electrons. The molecule has 4 heteroatoms. The summed E-state index contributed by atoms with van der Waals surface area (Å²) in [7, 11) is 0. The number of benzene rings is 8. The lowest BCUT2D eigenvalue weighted by molar-refractivity contribution is 0.669. The van der Waals surface area contributed by atoms with Gasteiger partial charge in [-0.3, -0.25) is 0 Å². The monoisotopic (exact) mass is 675 g/mol. The molecule has 0 bridgehead atoms. The zero-order valence-electron chi connectivity index (χ0n) is 28.5. The predicted molar refractivity (Wildman–Crippen MR) is 216 cm³/mol. The molecule has 0 amide bonds. The van der Waals surface area contributed by atoms with Gasteiger partial charge in [-0.15, -0.1) is 0 Å². The second-order valence-electron chi connectivity index (χ2n) is 13.5. The molecule has 0 saturated carbocycles. The zero-order chi connectivity index (χ0) is 34.9. The number of hydrogen-bond donors (Lipinski definition) is 0. The Morgan fingerprint density at radius 1 is 0.283 bits per heavy atom. The van der Waals surface area contributed by atoms with Gasteiger partial charge in [-0.05, 0) is 73.5 Å². The van der Waals surface area contributed by atoms with Crippen LogP contribution in [0.5, 0.6) is 0 Å². The molecular weight excluding hydrogens is 647 g/mol. The molecule has 2 aromatic heterocycles. The van der Waals surface area contributed by atoms with Crippen LogP contribution >= 0.6 is 0 Å². The molecule has 10 aromatic rings. The molecule has 53 heavy (non-hydrogen) atoms. The van der Waals surface area contributed by atoms with Gasteiger partial charge in [-0.1, -0.05) is 158 Å². The van der Waals surface area contributed by atoms with Gasteiger partial charge in [0.1, 0.15) is 11.2 Å². The Bertz CT molecular complexity index is 2950. The molecule has 0 unspecified atom stereocenters. The van der Waals surface area contributed by atoms with Crippen LogP contribution in [0.3, 0.4) is 0 Å². The first-order chi connectivity index (χ1) is 26.3. The Morgan fingerprint density at radius 2 is 0.792 bits per heavy atom. The van der Waals surface area contributed by atoms with Crippen LogP contribution < -0.4 is 0 Å². The van der Waals surface area contributed by atoms with Crippen molar-refractivity contribution in [2.24, 2.45) is 0 Å². The van der Waals surface area contributed by atoms with Gasteiger partial charge in [0.2, 0.25) is 0 Å². The standard InChI is InChI=1S/C49H29N3O/c1-3-11-31(12-4-1)47-50-48(32-13-5-2-6-14-32)52-49(51-47)33-23-21-30(22-24-33)36-17-10-20-44-46(36)42-29-34(25-28-43(42)53-44)35-26-27-41-38-16-8-7-15-37(38)40-19-9-18-39(35)45(40)41/h1-29H. The van der Waals surface area contributed by atoms with E-state index in [1.165, 1.54) is 44.2 Å². The first kappa shape index (κ1) is 29.5. The second-order valence-corrected chi connectivity index (χ2v) is 13.5. The van der Waals surface area contributed by atoms with Crippen molar-refractivity contribution in [3.63, 3.8) is 0 Å². The van der Waals surface area contributed by atoms with E-state index in [0.717, 1.165) is 49.8 Å². The molecule has 4 nitrogen and oxygen atoms in total. The maximum absolute atomic E-state index is 6.46. The van der Waals surface area contributed by atoms with Gasteiger partial charge in [-0.2, -0.15) is 0 Å². The Labute approximate surface area is 305 Å². The Hall–Kier alpha value is -7.17. The third-order valence-electron chi connectivity index (χ3n) is 10.5. The van der Waals surface area contributed by atoms with Crippen LogP contribution in [0.1, 0.15) is 0 Å². The molecule has 1 aliphatic rings. The molecule has 246 valence electrons. The summed E-state index contributed by atoms with van der Waals surface area (Å²) in [6, 6.07) is 61.5. The number of nitrogens with zero attached hydrogens (tertiary/aromatic N) is 3. The largest absolute Gasteiger partial charge is 0.456 e. The zero-order valence-corrected chi connectivity index (χ0v) is 28.5. The van der Waals surface area contributed by atoms with E-state index in [-0.39, 0.29) is 0 Å². The topological polar surface area (TPSA) is 51.8 Å². The van der Waals surface area contributed by atoms with E-state index < -0.39 is 0 Å². The highest BCUT2D eigenvalue weighted by Crippen LogP contribution is 2.49. The van der Waals surface area contributed by atoms with Crippen LogP contribution in [0, 0.1) is 0 Å². The number of aromatic nitrogens is 3. The van der Waals surface area contributed by atoms with E-state index in [2.05, 4.69) is 115 Å². The van der Waals surface area contributed by atoms with Crippen molar-refractivity contribution in [2.75, 3.05) is 0 Å². The highest BCUT2D eigenvalue weighted by Gasteiger charge is 2.23. The summed E-state index contributed by atoms with van der Waals surface area (Å²) in [5, 5.41) is 4.80. The lowest BCUT2D eigenvalue weighted by Crippen LogP contribution is -2.00. The highest BCUT2D eigenvalue weighted by atomic mass is 16.3.